The predicted octanol–water partition coefficient (Wildman–Crippen LogP) is 4.65. The highest BCUT2D eigenvalue weighted by atomic mass is 19.4. The Morgan fingerprint density at radius 1 is 1.18 bits per heavy atom. The van der Waals surface area contributed by atoms with E-state index in [4.69, 9.17) is 0 Å². The highest BCUT2D eigenvalue weighted by molar-refractivity contribution is 5.97. The number of carbonyl (C=O) groups excluding carboxylic acids is 1. The third-order valence-corrected chi connectivity index (χ3v) is 3.64. The van der Waals surface area contributed by atoms with Gasteiger partial charge in [-0.3, -0.25) is 4.79 Å². The first-order chi connectivity index (χ1) is 9.91. The second kappa shape index (κ2) is 5.18. The van der Waals surface area contributed by atoms with Crippen LogP contribution in [0, 0.1) is 5.41 Å². The van der Waals surface area contributed by atoms with E-state index in [9.17, 15) is 18.0 Å². The van der Waals surface area contributed by atoms with Crippen LogP contribution < -0.4 is 10.6 Å². The summed E-state index contributed by atoms with van der Waals surface area (Å²) in [7, 11) is 0. The van der Waals surface area contributed by atoms with Gasteiger partial charge >= 0.3 is 6.18 Å². The van der Waals surface area contributed by atoms with E-state index in [0.717, 1.165) is 18.9 Å². The van der Waals surface area contributed by atoms with Crippen molar-refractivity contribution in [3.8, 4) is 0 Å². The van der Waals surface area contributed by atoms with Crippen LogP contribution in [0.15, 0.2) is 18.2 Å². The summed E-state index contributed by atoms with van der Waals surface area (Å²) < 4.78 is 39.7. The lowest BCUT2D eigenvalue weighted by atomic mass is 10.0. The fourth-order valence-electron chi connectivity index (χ4n) is 2.07. The maximum Gasteiger partial charge on any atom is 0.418 e. The molecule has 0 saturated heterocycles. The van der Waals surface area contributed by atoms with Gasteiger partial charge in [-0.2, -0.15) is 13.2 Å². The van der Waals surface area contributed by atoms with Gasteiger partial charge in [0.15, 0.2) is 0 Å². The molecule has 1 aliphatic rings. The monoisotopic (exact) mass is 314 g/mol. The predicted molar refractivity (Wildman–Crippen MR) is 80.8 cm³/mol. The lowest BCUT2D eigenvalue weighted by Crippen LogP contribution is -2.28. The molecule has 0 atom stereocenters. The Balaban J connectivity index is 2.29. The molecule has 122 valence electrons. The highest BCUT2D eigenvalue weighted by Crippen LogP contribution is 2.46. The van der Waals surface area contributed by atoms with Gasteiger partial charge in [0.1, 0.15) is 0 Å². The minimum atomic E-state index is -4.49. The van der Waals surface area contributed by atoms with Crippen LogP contribution in [0.1, 0.15) is 46.1 Å². The number of amides is 1. The smallest absolute Gasteiger partial charge is 0.380 e. The molecule has 0 aromatic heterocycles. The van der Waals surface area contributed by atoms with Crippen molar-refractivity contribution in [2.24, 2.45) is 5.41 Å². The van der Waals surface area contributed by atoms with E-state index in [1.807, 2.05) is 6.92 Å². The van der Waals surface area contributed by atoms with Crippen LogP contribution in [0.4, 0.5) is 24.5 Å². The molecule has 2 N–H and O–H groups in total. The number of hydrogen-bond donors (Lipinski definition) is 2. The van der Waals surface area contributed by atoms with E-state index in [-0.39, 0.29) is 17.3 Å². The minimum absolute atomic E-state index is 0.00985. The molecule has 0 heterocycles. The van der Waals surface area contributed by atoms with Crippen LogP contribution in [0.5, 0.6) is 0 Å². The van der Waals surface area contributed by atoms with Gasteiger partial charge in [-0.05, 0) is 51.8 Å². The Kier molecular flexibility index (Phi) is 3.92. The standard InChI is InChI=1S/C16H21F3N2O/c1-14(2,3)21-12-6-5-10(9-11(12)16(17,18)19)20-13(22)15(4)7-8-15/h5-6,9,21H,7-8H2,1-4H3,(H,20,22). The molecule has 1 aliphatic carbocycles. The molecule has 0 bridgehead atoms. The van der Waals surface area contributed by atoms with E-state index in [0.29, 0.717) is 0 Å². The quantitative estimate of drug-likeness (QED) is 0.852. The first-order valence-corrected chi connectivity index (χ1v) is 7.22. The summed E-state index contributed by atoms with van der Waals surface area (Å²) in [4.78, 5) is 12.0. The number of anilines is 2. The number of hydrogen-bond acceptors (Lipinski definition) is 2. The van der Waals surface area contributed by atoms with Gasteiger partial charge in [-0.15, -0.1) is 0 Å². The number of nitrogens with one attached hydrogen (secondary N) is 2. The van der Waals surface area contributed by atoms with Crippen molar-refractivity contribution in [3.63, 3.8) is 0 Å². The van der Waals surface area contributed by atoms with Gasteiger partial charge < -0.3 is 10.6 Å². The second-order valence-electron chi connectivity index (χ2n) is 7.15. The maximum absolute atomic E-state index is 13.2. The topological polar surface area (TPSA) is 41.1 Å². The normalized spacial score (nSPS) is 17.0. The molecule has 1 saturated carbocycles. The van der Waals surface area contributed by atoms with E-state index in [1.165, 1.54) is 12.1 Å². The Morgan fingerprint density at radius 2 is 1.77 bits per heavy atom. The van der Waals surface area contributed by atoms with Crippen LogP contribution >= 0.6 is 0 Å². The molecule has 1 fully saturated rings. The third-order valence-electron chi connectivity index (χ3n) is 3.64. The zero-order chi connectivity index (χ0) is 16.8. The number of halogens is 3. The fraction of sp³-hybridized carbons (Fsp3) is 0.562. The Labute approximate surface area is 128 Å². The van der Waals surface area contributed by atoms with E-state index in [2.05, 4.69) is 10.6 Å². The van der Waals surface area contributed by atoms with Crippen molar-refractivity contribution in [2.75, 3.05) is 10.6 Å². The summed E-state index contributed by atoms with van der Waals surface area (Å²) in [5.41, 5.74) is -1.52. The molecule has 1 amide bonds. The van der Waals surface area contributed by atoms with Gasteiger partial charge in [0, 0.05) is 22.3 Å². The molecule has 0 unspecified atom stereocenters. The van der Waals surface area contributed by atoms with Crippen molar-refractivity contribution in [1.29, 1.82) is 0 Å². The molecule has 2 rings (SSSR count). The van der Waals surface area contributed by atoms with E-state index in [1.54, 1.807) is 20.8 Å². The summed E-state index contributed by atoms with van der Waals surface area (Å²) >= 11 is 0. The van der Waals surface area contributed by atoms with Gasteiger partial charge in [-0.25, -0.2) is 0 Å². The largest absolute Gasteiger partial charge is 0.418 e. The summed E-state index contributed by atoms with van der Waals surface area (Å²) in [6, 6.07) is 3.84. The first kappa shape index (κ1) is 16.6. The third kappa shape index (κ3) is 3.93. The number of rotatable bonds is 3. The molecule has 6 heteroatoms. The van der Waals surface area contributed by atoms with Gasteiger partial charge in [-0.1, -0.05) is 6.92 Å². The number of carbonyl (C=O) groups is 1. The van der Waals surface area contributed by atoms with Gasteiger partial charge in [0.05, 0.1) is 5.56 Å². The molecule has 0 radical (unpaired) electrons. The van der Waals surface area contributed by atoms with Crippen LogP contribution in [0.2, 0.25) is 0 Å². The SMILES string of the molecule is CC(C)(C)Nc1ccc(NC(=O)C2(C)CC2)cc1C(F)(F)F. The Hall–Kier alpha value is -1.72. The van der Waals surface area contributed by atoms with Gasteiger partial charge in [0.25, 0.3) is 0 Å². The van der Waals surface area contributed by atoms with Crippen molar-refractivity contribution in [2.45, 2.75) is 52.3 Å². The summed E-state index contributed by atoms with van der Waals surface area (Å²) in [6.45, 7) is 7.17. The molecule has 0 aliphatic heterocycles. The highest BCUT2D eigenvalue weighted by Gasteiger charge is 2.45. The van der Waals surface area contributed by atoms with Crippen molar-refractivity contribution in [1.82, 2.24) is 0 Å². The zero-order valence-electron chi connectivity index (χ0n) is 13.2. The maximum atomic E-state index is 13.2. The van der Waals surface area contributed by atoms with Crippen LogP contribution in [0.3, 0.4) is 0 Å². The summed E-state index contributed by atoms with van der Waals surface area (Å²) in [5.74, 6) is -0.225. The molecular weight excluding hydrogens is 293 g/mol. The number of alkyl halides is 3. The molecular formula is C16H21F3N2O. The van der Waals surface area contributed by atoms with Crippen LogP contribution in [0.25, 0.3) is 0 Å². The second-order valence-corrected chi connectivity index (χ2v) is 7.15. The summed E-state index contributed by atoms with van der Waals surface area (Å²) in [6.07, 6.45) is -2.94. The zero-order valence-corrected chi connectivity index (χ0v) is 13.2. The van der Waals surface area contributed by atoms with Gasteiger partial charge in [0.2, 0.25) is 5.91 Å². The van der Waals surface area contributed by atoms with Crippen LogP contribution in [-0.4, -0.2) is 11.4 Å². The lowest BCUT2D eigenvalue weighted by Gasteiger charge is -2.25. The van der Waals surface area contributed by atoms with Crippen molar-refractivity contribution >= 4 is 17.3 Å². The molecule has 0 spiro atoms. The molecule has 1 aromatic rings. The average molecular weight is 314 g/mol. The van der Waals surface area contributed by atoms with Crippen LogP contribution in [-0.2, 0) is 11.0 Å². The number of benzene rings is 1. The Bertz CT molecular complexity index is 584. The fourth-order valence-corrected chi connectivity index (χ4v) is 2.07. The van der Waals surface area contributed by atoms with Crippen molar-refractivity contribution < 1.29 is 18.0 Å². The van der Waals surface area contributed by atoms with Crippen molar-refractivity contribution in [3.05, 3.63) is 23.8 Å². The molecule has 22 heavy (non-hydrogen) atoms. The molecule has 1 aromatic carbocycles. The molecule has 3 nitrogen and oxygen atoms in total. The summed E-state index contributed by atoms with van der Waals surface area (Å²) in [5, 5.41) is 5.43. The first-order valence-electron chi connectivity index (χ1n) is 7.22. The minimum Gasteiger partial charge on any atom is -0.380 e. The lowest BCUT2D eigenvalue weighted by molar-refractivity contribution is -0.137. The average Bonchev–Trinajstić information content (AvgIpc) is 3.07. The van der Waals surface area contributed by atoms with E-state index >= 15 is 0 Å². The van der Waals surface area contributed by atoms with E-state index < -0.39 is 22.7 Å². The Morgan fingerprint density at radius 3 is 2.23 bits per heavy atom.